The van der Waals surface area contributed by atoms with Crippen LogP contribution < -0.4 is 40.5 Å². The monoisotopic (exact) mass is 2030 g/mol. The summed E-state index contributed by atoms with van der Waals surface area (Å²) >= 11 is 25.6. The van der Waals surface area contributed by atoms with Crippen LogP contribution in [0.3, 0.4) is 0 Å². The highest BCUT2D eigenvalue weighted by Crippen LogP contribution is 2.53. The van der Waals surface area contributed by atoms with E-state index in [9.17, 15) is 39.6 Å². The first-order chi connectivity index (χ1) is 71.3. The van der Waals surface area contributed by atoms with Gasteiger partial charge in [-0.1, -0.05) is 121 Å². The van der Waals surface area contributed by atoms with Crippen molar-refractivity contribution in [2.75, 3.05) is 114 Å². The molecule has 0 fully saturated rings. The lowest BCUT2D eigenvalue weighted by atomic mass is 9.92. The first-order valence-corrected chi connectivity index (χ1v) is 51.0. The largest absolute Gasteiger partial charge is 0.507 e. The van der Waals surface area contributed by atoms with Crippen LogP contribution in [0.25, 0.3) is 121 Å². The number of ether oxygens (including phenoxy) is 3. The molecule has 4 aliphatic heterocycles. The van der Waals surface area contributed by atoms with E-state index in [4.69, 9.17) is 77.2 Å². The molecule has 5 aliphatic rings. The number of amides is 4. The average molecular weight is 2030 g/mol. The van der Waals surface area contributed by atoms with Gasteiger partial charge in [0.1, 0.15) is 41.1 Å². The lowest BCUT2D eigenvalue weighted by Crippen LogP contribution is -2.30. The van der Waals surface area contributed by atoms with E-state index in [0.29, 0.717) is 97.5 Å². The Morgan fingerprint density at radius 3 is 1.13 bits per heavy atom. The summed E-state index contributed by atoms with van der Waals surface area (Å²) in [6.45, 7) is 11.1. The molecule has 24 rings (SSSR count). The molecule has 1 aliphatic carbocycles. The number of carbonyl (C=O) groups is 4. The molecule has 25 heteroatoms. The molecule has 147 heavy (non-hydrogen) atoms. The van der Waals surface area contributed by atoms with Gasteiger partial charge in [-0.25, -0.2) is 0 Å². The Morgan fingerprint density at radius 2 is 0.721 bits per heavy atom. The topological polar surface area (TPSA) is 309 Å². The molecule has 16 aromatic carbocycles. The Balaban J connectivity index is 0.000000115. The normalized spacial score (nSPS) is 15.2. The number of benzene rings is 16. The third-order valence-corrected chi connectivity index (χ3v) is 30.6. The smallest absolute Gasteiger partial charge is 0.258 e. The number of alkyl halides is 4. The number of anilines is 6. The number of halogens is 4. The zero-order chi connectivity index (χ0) is 102. The van der Waals surface area contributed by atoms with Crippen molar-refractivity contribution in [2.45, 2.75) is 57.8 Å². The minimum atomic E-state index is -0.131. The van der Waals surface area contributed by atoms with E-state index in [1.807, 2.05) is 264 Å². The summed E-state index contributed by atoms with van der Waals surface area (Å²) < 4.78 is 16.2. The highest BCUT2D eigenvalue weighted by atomic mass is 35.5. The van der Waals surface area contributed by atoms with Crippen LogP contribution in [-0.4, -0.2) is 147 Å². The Morgan fingerprint density at radius 1 is 0.361 bits per heavy atom. The van der Waals surface area contributed by atoms with Gasteiger partial charge in [0.05, 0.1) is 49.7 Å². The number of aliphatic hydroxyl groups is 1. The highest BCUT2D eigenvalue weighted by molar-refractivity contribution is 6.23. The van der Waals surface area contributed by atoms with E-state index >= 15 is 0 Å². The Labute approximate surface area is 868 Å². The number of hydrogen-bond donors (Lipinski definition) is 10. The maximum Gasteiger partial charge on any atom is 0.258 e. The summed E-state index contributed by atoms with van der Waals surface area (Å²) in [4.78, 5) is 72.4. The summed E-state index contributed by atoms with van der Waals surface area (Å²) in [7, 11) is 1.65. The van der Waals surface area contributed by atoms with Gasteiger partial charge in [-0.3, -0.25) is 19.2 Å². The second kappa shape index (κ2) is 40.7. The number of aromatic amines is 3. The molecular weight excluding hydrogens is 1930 g/mol. The van der Waals surface area contributed by atoms with Crippen molar-refractivity contribution < 1.29 is 58.9 Å². The van der Waals surface area contributed by atoms with Gasteiger partial charge < -0.3 is 85.8 Å². The molecule has 19 aromatic rings. The van der Waals surface area contributed by atoms with Gasteiger partial charge in [0.2, 0.25) is 0 Å². The number of hydrogen-bond acceptors (Lipinski definition) is 14. The van der Waals surface area contributed by atoms with Crippen molar-refractivity contribution in [1.82, 2.24) is 15.0 Å². The number of allylic oxidation sites excluding steroid dienone is 1. The van der Waals surface area contributed by atoms with E-state index in [0.717, 1.165) is 212 Å². The van der Waals surface area contributed by atoms with Crippen molar-refractivity contribution in [3.63, 3.8) is 0 Å². The summed E-state index contributed by atoms with van der Waals surface area (Å²) in [5.41, 5.74) is 40.1. The first kappa shape index (κ1) is 97.4. The number of methoxy groups -OCH3 is 1. The Hall–Kier alpha value is -15.7. The van der Waals surface area contributed by atoms with E-state index in [1.165, 1.54) is 11.1 Å². The van der Waals surface area contributed by atoms with E-state index in [2.05, 4.69) is 45.3 Å². The number of aromatic hydroxyl groups is 4. The Bertz CT molecular complexity index is 8530. The molecule has 3 aromatic heterocycles. The van der Waals surface area contributed by atoms with Crippen LogP contribution in [0.2, 0.25) is 0 Å². The molecule has 0 bridgehead atoms. The van der Waals surface area contributed by atoms with Crippen molar-refractivity contribution in [3.05, 3.63) is 369 Å². The van der Waals surface area contributed by atoms with Gasteiger partial charge in [0, 0.05) is 203 Å². The van der Waals surface area contributed by atoms with Crippen LogP contribution in [0.1, 0.15) is 126 Å². The number of rotatable bonds is 19. The fourth-order valence-electron chi connectivity index (χ4n) is 21.9. The molecule has 738 valence electrons. The summed E-state index contributed by atoms with van der Waals surface area (Å²) in [6, 6.07) is 90.6. The van der Waals surface area contributed by atoms with E-state index < -0.39 is 0 Å². The number of aliphatic hydroxyl groups excluding tert-OH is 1. The molecule has 21 nitrogen and oxygen atoms in total. The van der Waals surface area contributed by atoms with Crippen molar-refractivity contribution in [1.29, 1.82) is 0 Å². The second-order valence-electron chi connectivity index (χ2n) is 38.3. The molecule has 0 unspecified atom stereocenters. The molecule has 0 saturated carbocycles. The molecule has 0 spiro atoms. The highest BCUT2D eigenvalue weighted by Gasteiger charge is 2.41. The van der Waals surface area contributed by atoms with Crippen molar-refractivity contribution in [3.8, 4) is 68.3 Å². The van der Waals surface area contributed by atoms with E-state index in [-0.39, 0.29) is 76.9 Å². The predicted molar refractivity (Wildman–Crippen MR) is 596 cm³/mol. The third-order valence-electron chi connectivity index (χ3n) is 29.1. The number of phenolic OH excluding ortho intramolecular Hbond substituents is 4. The van der Waals surface area contributed by atoms with Gasteiger partial charge >= 0.3 is 0 Å². The van der Waals surface area contributed by atoms with Crippen molar-refractivity contribution in [2.24, 2.45) is 0 Å². The number of fused-ring (bicyclic) bond motifs is 16. The maximum atomic E-state index is 13.9. The first-order valence-electron chi connectivity index (χ1n) is 48.9. The Kier molecular flexibility index (Phi) is 27.0. The predicted octanol–water partition coefficient (Wildman–Crippen LogP) is 26.4. The van der Waals surface area contributed by atoms with Gasteiger partial charge in [-0.05, 0) is 285 Å². The summed E-state index contributed by atoms with van der Waals surface area (Å²) in [6.07, 6.45) is 2.95. The quantitative estimate of drug-likeness (QED) is 0.0205. The SMILES string of the molecule is COc1ccc(-c2cc3cc(C(=O)N4C[C@@H](CCl)c5c4cc(O)c4cccc(C)c54)ccc3[nH]2)cc1.Cc1cccc2c(O)cc3c(c12)[C@H](CCl)CN3C(=O)c1ccc2c(c1)C=C(c1cccc(N)c1)C2.Cc1cccc2c(O)cc3c(c12)[C@H](CCl)CN3C(=O)c1ccc2cc(-c3ccc(OCCOCCO)cc3)[nH]c2c1.Cc1cccc2c(O)cc3c(c12)[C@H](CCl)CN3C(=O)c1ccc2cc(-c3cccc(N)c3)[nH]c2c1. The van der Waals surface area contributed by atoms with Gasteiger partial charge in [-0.15, -0.1) is 46.4 Å². The number of nitrogens with one attached hydrogen (secondary N) is 3. The fraction of sp³-hybridized carbons (Fsp3) is 0.180. The van der Waals surface area contributed by atoms with Crippen LogP contribution in [0, 0.1) is 27.7 Å². The standard InChI is InChI=1S/C33H31ClN2O5.C30H25ClN2O3.C30H25ClN2O2.C29H24ClN3O2/c1-20-3-2-4-26-30(38)17-29-32(31(20)26)24(18-34)19-36(29)33(39)23-6-5-22-15-27(35-28(22)16-23)21-7-9-25(10-8-21)41-14-13-40-12-11-37;1-17-4-3-5-23-27(34)14-26-29(28(17)23)21(15-31)16-33(26)30(35)19-8-11-24-20(12-19)13-25(32-24)18-6-9-22(36-2)10-7-18;1-17-4-2-7-25-27(34)14-26-29(28(17)25)23(15-31)16-33(26)30(35)20-9-8-19-10-21(12-22(19)11-20)18-5-3-6-24(32)13-18;1-16-4-2-7-22-26(34)13-25-28(27(16)22)20(14-30)15-33(25)29(35)19-9-8-18-11-23(32-24(18)12-19)17-5-3-6-21(31)10-17/h2-10,15-17,24,35,37-38H,11-14,18-19H2,1H3;3-14,21,32,34H,15-16H2,1-2H3;2-9,11-14,23,34H,10,15-16,32H2,1H3;2-13,20,32,34H,14-15,31H2,1H3/t24-;21-;23-;20-/m1111/s1. The molecule has 4 amide bonds. The number of aromatic nitrogens is 3. The van der Waals surface area contributed by atoms with Crippen LogP contribution in [0.5, 0.6) is 34.5 Å². The van der Waals surface area contributed by atoms with Crippen LogP contribution in [-0.2, 0) is 11.2 Å². The number of aryl methyl sites for hydroxylation is 4. The van der Waals surface area contributed by atoms with Crippen LogP contribution in [0.4, 0.5) is 34.1 Å². The number of nitrogens with two attached hydrogens (primary N) is 2. The number of H-pyrrole nitrogens is 3. The third kappa shape index (κ3) is 18.4. The fourth-order valence-corrected chi connectivity index (χ4v) is 22.9. The molecule has 12 N–H and O–H groups in total. The van der Waals surface area contributed by atoms with Gasteiger partial charge in [0.15, 0.2) is 0 Å². The number of nitrogens with zero attached hydrogens (tertiary/aromatic N) is 4. The maximum absolute atomic E-state index is 13.9. The molecule has 7 heterocycles. The molecule has 4 atom stereocenters. The summed E-state index contributed by atoms with van der Waals surface area (Å²) in [5.74, 6) is 3.31. The lowest BCUT2D eigenvalue weighted by Gasteiger charge is -2.19. The van der Waals surface area contributed by atoms with E-state index in [1.54, 1.807) is 51.0 Å². The van der Waals surface area contributed by atoms with Gasteiger partial charge in [-0.2, -0.15) is 0 Å². The molecule has 0 saturated heterocycles. The molecular formula is C122H105Cl4N9O12. The number of nitrogen functional groups attached to an aromatic ring is 2. The van der Waals surface area contributed by atoms with Crippen LogP contribution >= 0.6 is 46.4 Å². The summed E-state index contributed by atoms with van der Waals surface area (Å²) in [5, 5.41) is 62.0. The zero-order valence-electron chi connectivity index (χ0n) is 81.3. The second-order valence-corrected chi connectivity index (χ2v) is 39.5. The van der Waals surface area contributed by atoms with Crippen molar-refractivity contribution >= 4 is 192 Å². The number of carbonyl (C=O) groups excluding carboxylic acids is 4. The molecule has 0 radical (unpaired) electrons. The minimum Gasteiger partial charge on any atom is -0.507 e. The zero-order valence-corrected chi connectivity index (χ0v) is 84.3. The minimum absolute atomic E-state index is 0.00272. The van der Waals surface area contributed by atoms with Gasteiger partial charge in [0.25, 0.3) is 23.6 Å². The average Bonchev–Trinajstić information content (AvgIpc) is 1.60. The van der Waals surface area contributed by atoms with Crippen LogP contribution in [0.15, 0.2) is 285 Å². The number of phenols is 4. The lowest BCUT2D eigenvalue weighted by molar-refractivity contribution is 0.0705.